The molecule has 3 rings (SSSR count). The largest absolute Gasteiger partial charge is 0.506 e. The van der Waals surface area contributed by atoms with E-state index >= 15 is 0 Å². The van der Waals surface area contributed by atoms with E-state index in [1.54, 1.807) is 19.1 Å². The summed E-state index contributed by atoms with van der Waals surface area (Å²) in [6.07, 6.45) is -10.1. The molecule has 0 amide bonds. The van der Waals surface area contributed by atoms with E-state index in [2.05, 4.69) is 0 Å². The molecule has 0 spiro atoms. The first kappa shape index (κ1) is 23.3. The quantitative estimate of drug-likeness (QED) is 0.365. The van der Waals surface area contributed by atoms with E-state index in [1.807, 2.05) is 13.0 Å². The lowest BCUT2D eigenvalue weighted by Crippen LogP contribution is -2.11. The molecule has 0 fully saturated rings. The van der Waals surface area contributed by atoms with Crippen molar-refractivity contribution in [3.8, 4) is 28.0 Å². The van der Waals surface area contributed by atoms with Crippen LogP contribution >= 0.6 is 23.2 Å². The number of hydrogen-bond donors (Lipinski definition) is 1. The summed E-state index contributed by atoms with van der Waals surface area (Å²) in [5.41, 5.74) is -1.45. The van der Waals surface area contributed by atoms with Gasteiger partial charge in [0, 0.05) is 11.1 Å². The van der Waals surface area contributed by atoms with E-state index in [0.717, 1.165) is 11.1 Å². The van der Waals surface area contributed by atoms with Crippen LogP contribution in [0.15, 0.2) is 42.5 Å². The maximum Gasteiger partial charge on any atom is 0.416 e. The molecule has 0 bridgehead atoms. The van der Waals surface area contributed by atoms with Crippen LogP contribution in [-0.2, 0) is 12.4 Å². The molecule has 164 valence electrons. The predicted octanol–water partition coefficient (Wildman–Crippen LogP) is 8.69. The zero-order valence-electron chi connectivity index (χ0n) is 16.0. The standard InChI is InChI=1S/C22H14Cl2F6O/c1-10-3-4-11(2)15(5-10)16-9-17(23)18(19(24)20(16)31)12-6-13(21(25,26)27)8-14(7-12)22(28,29)30/h3-9,31H,1-2H3. The summed E-state index contributed by atoms with van der Waals surface area (Å²) in [5, 5.41) is 10.0. The summed E-state index contributed by atoms with van der Waals surface area (Å²) in [6, 6.07) is 7.70. The number of hydrogen-bond acceptors (Lipinski definition) is 1. The fraction of sp³-hybridized carbons (Fsp3) is 0.182. The van der Waals surface area contributed by atoms with E-state index in [9.17, 15) is 31.4 Å². The van der Waals surface area contributed by atoms with Crippen LogP contribution in [0.5, 0.6) is 5.75 Å². The Bertz CT molecular complexity index is 1130. The molecule has 31 heavy (non-hydrogen) atoms. The summed E-state index contributed by atoms with van der Waals surface area (Å²) in [7, 11) is 0. The molecule has 1 N–H and O–H groups in total. The number of aromatic hydroxyl groups is 1. The Balaban J connectivity index is 2.30. The molecule has 1 nitrogen and oxygen atoms in total. The summed E-state index contributed by atoms with van der Waals surface area (Å²) < 4.78 is 79.3. The maximum absolute atomic E-state index is 13.2. The summed E-state index contributed by atoms with van der Waals surface area (Å²) in [5.74, 6) is -0.499. The SMILES string of the molecule is Cc1ccc(C)c(-c2cc(Cl)c(-c3cc(C(F)(F)F)cc(C(F)(F)F)c3)c(Cl)c2O)c1. The highest BCUT2D eigenvalue weighted by molar-refractivity contribution is 6.40. The van der Waals surface area contributed by atoms with Gasteiger partial charge in [0.25, 0.3) is 0 Å². The number of rotatable bonds is 2. The van der Waals surface area contributed by atoms with Crippen LogP contribution < -0.4 is 0 Å². The summed E-state index contributed by atoms with van der Waals surface area (Å²) in [6.45, 7) is 3.59. The molecule has 0 aliphatic heterocycles. The molecule has 0 aromatic heterocycles. The summed E-state index contributed by atoms with van der Waals surface area (Å²) >= 11 is 12.5. The van der Waals surface area contributed by atoms with Gasteiger partial charge in [-0.15, -0.1) is 0 Å². The molecule has 0 saturated heterocycles. The lowest BCUT2D eigenvalue weighted by atomic mass is 9.93. The van der Waals surface area contributed by atoms with Gasteiger partial charge in [0.15, 0.2) is 0 Å². The highest BCUT2D eigenvalue weighted by Gasteiger charge is 2.37. The Morgan fingerprint density at radius 1 is 0.742 bits per heavy atom. The first-order chi connectivity index (χ1) is 14.2. The Morgan fingerprint density at radius 3 is 1.81 bits per heavy atom. The van der Waals surface area contributed by atoms with Gasteiger partial charge < -0.3 is 5.11 Å². The normalized spacial score (nSPS) is 12.3. The van der Waals surface area contributed by atoms with Gasteiger partial charge in [-0.1, -0.05) is 47.0 Å². The molecule has 0 aliphatic rings. The van der Waals surface area contributed by atoms with Gasteiger partial charge in [-0.2, -0.15) is 26.3 Å². The number of phenolic OH excluding ortho intramolecular Hbond substituents is 1. The average Bonchev–Trinajstić information content (AvgIpc) is 2.65. The first-order valence-electron chi connectivity index (χ1n) is 8.78. The summed E-state index contributed by atoms with van der Waals surface area (Å²) in [4.78, 5) is 0. The van der Waals surface area contributed by atoms with Crippen LogP contribution in [0.4, 0.5) is 26.3 Å². The average molecular weight is 479 g/mol. The van der Waals surface area contributed by atoms with Crippen LogP contribution in [-0.4, -0.2) is 5.11 Å². The third-order valence-corrected chi connectivity index (χ3v) is 5.42. The lowest BCUT2D eigenvalue weighted by Gasteiger charge is -2.18. The Labute approximate surface area is 183 Å². The molecule has 0 radical (unpaired) electrons. The Kier molecular flexibility index (Phi) is 5.97. The molecule has 0 unspecified atom stereocenters. The van der Waals surface area contributed by atoms with Crippen molar-refractivity contribution in [2.75, 3.05) is 0 Å². The fourth-order valence-corrected chi connectivity index (χ4v) is 3.88. The number of phenols is 1. The first-order valence-corrected chi connectivity index (χ1v) is 9.54. The minimum atomic E-state index is -5.03. The highest BCUT2D eigenvalue weighted by Crippen LogP contribution is 2.48. The highest BCUT2D eigenvalue weighted by atomic mass is 35.5. The van der Waals surface area contributed by atoms with E-state index in [0.29, 0.717) is 17.7 Å². The molecule has 3 aromatic rings. The predicted molar refractivity (Wildman–Crippen MR) is 108 cm³/mol. The molecule has 0 aliphatic carbocycles. The van der Waals surface area contributed by atoms with Crippen molar-refractivity contribution in [1.82, 2.24) is 0 Å². The van der Waals surface area contributed by atoms with E-state index < -0.39 is 39.8 Å². The number of benzene rings is 3. The van der Waals surface area contributed by atoms with E-state index in [1.165, 1.54) is 6.07 Å². The molecule has 3 aromatic carbocycles. The molecule has 0 saturated carbocycles. The third kappa shape index (κ3) is 4.62. The zero-order valence-corrected chi connectivity index (χ0v) is 17.5. The van der Waals surface area contributed by atoms with Crippen molar-refractivity contribution in [3.63, 3.8) is 0 Å². The van der Waals surface area contributed by atoms with Gasteiger partial charge in [-0.05, 0) is 54.8 Å². The van der Waals surface area contributed by atoms with Crippen molar-refractivity contribution < 1.29 is 31.4 Å². The van der Waals surface area contributed by atoms with Crippen LogP contribution in [0.2, 0.25) is 10.0 Å². The van der Waals surface area contributed by atoms with Gasteiger partial charge in [-0.25, -0.2) is 0 Å². The van der Waals surface area contributed by atoms with E-state index in [4.69, 9.17) is 23.2 Å². The second-order valence-electron chi connectivity index (χ2n) is 7.06. The number of halogens is 8. The smallest absolute Gasteiger partial charge is 0.416 e. The molecular formula is C22H14Cl2F6O. The second-order valence-corrected chi connectivity index (χ2v) is 7.84. The second kappa shape index (κ2) is 7.95. The Hall–Kier alpha value is -2.38. The number of aryl methyl sites for hydroxylation is 2. The van der Waals surface area contributed by atoms with Gasteiger partial charge in [0.1, 0.15) is 5.75 Å². The molecule has 9 heteroatoms. The van der Waals surface area contributed by atoms with Crippen LogP contribution in [0.3, 0.4) is 0 Å². The van der Waals surface area contributed by atoms with Crippen molar-refractivity contribution in [2.45, 2.75) is 26.2 Å². The Morgan fingerprint density at radius 2 is 1.29 bits per heavy atom. The minimum absolute atomic E-state index is 0.00957. The number of alkyl halides is 6. The zero-order chi connectivity index (χ0) is 23.3. The van der Waals surface area contributed by atoms with Crippen molar-refractivity contribution in [1.29, 1.82) is 0 Å². The molecular weight excluding hydrogens is 465 g/mol. The molecule has 0 atom stereocenters. The van der Waals surface area contributed by atoms with Crippen LogP contribution in [0, 0.1) is 13.8 Å². The van der Waals surface area contributed by atoms with Gasteiger partial charge in [0.05, 0.1) is 21.2 Å². The fourth-order valence-electron chi connectivity index (χ4n) is 3.20. The third-order valence-electron chi connectivity index (χ3n) is 4.75. The monoisotopic (exact) mass is 478 g/mol. The van der Waals surface area contributed by atoms with Crippen molar-refractivity contribution in [3.05, 3.63) is 74.8 Å². The topological polar surface area (TPSA) is 20.2 Å². The maximum atomic E-state index is 13.2. The van der Waals surface area contributed by atoms with Crippen molar-refractivity contribution >= 4 is 23.2 Å². The van der Waals surface area contributed by atoms with Gasteiger partial charge >= 0.3 is 12.4 Å². The van der Waals surface area contributed by atoms with Crippen molar-refractivity contribution in [2.24, 2.45) is 0 Å². The van der Waals surface area contributed by atoms with Crippen LogP contribution in [0.1, 0.15) is 22.3 Å². The molecule has 0 heterocycles. The van der Waals surface area contributed by atoms with Gasteiger partial charge in [0.2, 0.25) is 0 Å². The van der Waals surface area contributed by atoms with Crippen LogP contribution in [0.25, 0.3) is 22.3 Å². The lowest BCUT2D eigenvalue weighted by molar-refractivity contribution is -0.143. The minimum Gasteiger partial charge on any atom is -0.506 e. The van der Waals surface area contributed by atoms with E-state index in [-0.39, 0.29) is 22.2 Å². The van der Waals surface area contributed by atoms with Gasteiger partial charge in [-0.3, -0.25) is 0 Å².